The predicted molar refractivity (Wildman–Crippen MR) is 102 cm³/mol. The summed E-state index contributed by atoms with van der Waals surface area (Å²) in [5.74, 6) is -3.20. The first-order valence-electron chi connectivity index (χ1n) is 8.42. The number of Topliss-reactive ketones (excluding diaryl/α,β-unsaturated/α-hetero) is 1. The van der Waals surface area contributed by atoms with E-state index in [0.29, 0.717) is 0 Å². The number of rotatable bonds is 4. The maximum atomic E-state index is 13.9. The van der Waals surface area contributed by atoms with Crippen LogP contribution in [0.2, 0.25) is 0 Å². The number of benzene rings is 2. The van der Waals surface area contributed by atoms with Gasteiger partial charge in [0.05, 0.1) is 13.2 Å². The van der Waals surface area contributed by atoms with Crippen molar-refractivity contribution in [2.75, 3.05) is 7.11 Å². The molecule has 0 aliphatic carbocycles. The highest BCUT2D eigenvalue weighted by Gasteiger charge is 2.65. The Morgan fingerprint density at radius 2 is 1.86 bits per heavy atom. The highest BCUT2D eigenvalue weighted by molar-refractivity contribution is 7.80. The summed E-state index contributed by atoms with van der Waals surface area (Å²) >= 11 is 4.87. The van der Waals surface area contributed by atoms with E-state index in [1.54, 1.807) is 6.07 Å². The molecule has 0 aromatic heterocycles. The molecule has 4 N–H and O–H groups in total. The molecule has 10 heteroatoms. The Morgan fingerprint density at radius 3 is 2.45 bits per heavy atom. The third-order valence-corrected chi connectivity index (χ3v) is 4.93. The van der Waals surface area contributed by atoms with Crippen LogP contribution in [0.25, 0.3) is 0 Å². The lowest BCUT2D eigenvalue weighted by atomic mass is 9.77. The summed E-state index contributed by atoms with van der Waals surface area (Å²) in [6, 6.07) is 9.83. The fraction of sp³-hybridized carbons (Fsp3) is 0.263. The number of phenols is 1. The molecule has 1 heterocycles. The number of phenolic OH excluding ortho intramolecular Hbond substituents is 1. The molecule has 0 spiro atoms. The van der Waals surface area contributed by atoms with Gasteiger partial charge in [0.25, 0.3) is 0 Å². The molecule has 0 saturated carbocycles. The van der Waals surface area contributed by atoms with E-state index in [9.17, 15) is 28.2 Å². The zero-order valence-electron chi connectivity index (χ0n) is 15.0. The Labute approximate surface area is 169 Å². The first-order valence-corrected chi connectivity index (χ1v) is 8.83. The lowest BCUT2D eigenvalue weighted by molar-refractivity contribution is -0.285. The van der Waals surface area contributed by atoms with Gasteiger partial charge in [-0.2, -0.15) is 13.2 Å². The Morgan fingerprint density at radius 1 is 1.21 bits per heavy atom. The fourth-order valence-electron chi connectivity index (χ4n) is 3.29. The van der Waals surface area contributed by atoms with Gasteiger partial charge in [0.2, 0.25) is 5.72 Å². The predicted octanol–water partition coefficient (Wildman–Crippen LogP) is 2.67. The Kier molecular flexibility index (Phi) is 5.42. The van der Waals surface area contributed by atoms with E-state index in [2.05, 4.69) is 5.32 Å². The van der Waals surface area contributed by atoms with Gasteiger partial charge in [0, 0.05) is 5.56 Å². The van der Waals surface area contributed by atoms with Gasteiger partial charge >= 0.3 is 6.18 Å². The van der Waals surface area contributed by atoms with Crippen molar-refractivity contribution in [1.82, 2.24) is 10.6 Å². The van der Waals surface area contributed by atoms with Gasteiger partial charge < -0.3 is 25.6 Å². The number of carbonyl (C=O) groups is 1. The SMILES string of the molecule is COc1cc(C2NC(=S)NC(O)(C(F)(F)F)C2C(=O)c2ccccc2)ccc1O. The Bertz CT molecular complexity index is 939. The third-order valence-electron chi connectivity index (χ3n) is 4.71. The lowest BCUT2D eigenvalue weighted by Crippen LogP contribution is -2.72. The van der Waals surface area contributed by atoms with Gasteiger partial charge in [0.15, 0.2) is 22.4 Å². The van der Waals surface area contributed by atoms with Gasteiger partial charge in [-0.05, 0) is 29.9 Å². The van der Waals surface area contributed by atoms with Gasteiger partial charge in [-0.15, -0.1) is 0 Å². The number of alkyl halides is 3. The van der Waals surface area contributed by atoms with Crippen LogP contribution in [-0.2, 0) is 0 Å². The van der Waals surface area contributed by atoms with E-state index < -0.39 is 34.8 Å². The number of hydrogen-bond donors (Lipinski definition) is 4. The normalized spacial score (nSPS) is 24.4. The van der Waals surface area contributed by atoms with Crippen molar-refractivity contribution in [2.45, 2.75) is 17.9 Å². The van der Waals surface area contributed by atoms with Crippen LogP contribution in [0.5, 0.6) is 11.5 Å². The molecule has 0 radical (unpaired) electrons. The van der Waals surface area contributed by atoms with E-state index in [1.807, 2.05) is 5.32 Å². The molecule has 1 saturated heterocycles. The van der Waals surface area contributed by atoms with E-state index in [-0.39, 0.29) is 22.6 Å². The second-order valence-corrected chi connectivity index (χ2v) is 6.89. The standard InChI is InChI=1S/C19H17F3N2O4S/c1-28-13-9-11(7-8-12(13)25)15-14(16(26)10-5-3-2-4-6-10)18(27,19(20,21)22)24-17(29)23-15/h2-9,14-15,25,27H,1H3,(H2,23,24,29). The summed E-state index contributed by atoms with van der Waals surface area (Å²) in [6.07, 6.45) is -5.21. The summed E-state index contributed by atoms with van der Waals surface area (Å²) in [4.78, 5) is 13.1. The number of ether oxygens (including phenoxy) is 1. The van der Waals surface area contributed by atoms with E-state index in [1.165, 1.54) is 49.6 Å². The molecule has 2 aromatic carbocycles. The Balaban J connectivity index is 2.18. The van der Waals surface area contributed by atoms with Crippen LogP contribution in [0, 0.1) is 5.92 Å². The number of methoxy groups -OCH3 is 1. The number of ketones is 1. The number of aromatic hydroxyl groups is 1. The van der Waals surface area contributed by atoms with E-state index >= 15 is 0 Å². The molecule has 154 valence electrons. The first kappa shape index (κ1) is 20.9. The molecular weight excluding hydrogens is 409 g/mol. The van der Waals surface area contributed by atoms with Crippen molar-refractivity contribution in [3.8, 4) is 11.5 Å². The van der Waals surface area contributed by atoms with Crippen LogP contribution in [0.3, 0.4) is 0 Å². The largest absolute Gasteiger partial charge is 0.504 e. The molecule has 3 unspecified atom stereocenters. The topological polar surface area (TPSA) is 90.8 Å². The monoisotopic (exact) mass is 426 g/mol. The zero-order chi connectivity index (χ0) is 21.4. The van der Waals surface area contributed by atoms with Crippen molar-refractivity contribution >= 4 is 23.1 Å². The highest BCUT2D eigenvalue weighted by Crippen LogP contribution is 2.45. The molecule has 0 amide bonds. The summed E-state index contributed by atoms with van der Waals surface area (Å²) in [5.41, 5.74) is -3.45. The van der Waals surface area contributed by atoms with Crippen molar-refractivity contribution < 1.29 is 32.9 Å². The number of carbonyl (C=O) groups excluding carboxylic acids is 1. The molecule has 3 atom stereocenters. The number of aliphatic hydroxyl groups is 1. The van der Waals surface area contributed by atoms with Gasteiger partial charge in [-0.1, -0.05) is 36.4 Å². The minimum Gasteiger partial charge on any atom is -0.504 e. The summed E-state index contributed by atoms with van der Waals surface area (Å²) < 4.78 is 46.7. The van der Waals surface area contributed by atoms with Crippen molar-refractivity contribution in [1.29, 1.82) is 0 Å². The summed E-state index contributed by atoms with van der Waals surface area (Å²) in [5, 5.41) is 24.4. The second-order valence-electron chi connectivity index (χ2n) is 6.48. The maximum absolute atomic E-state index is 13.9. The molecular formula is C19H17F3N2O4S. The summed E-state index contributed by atoms with van der Waals surface area (Å²) in [7, 11) is 1.28. The van der Waals surface area contributed by atoms with Crippen LogP contribution in [-0.4, -0.2) is 40.1 Å². The number of halogens is 3. The van der Waals surface area contributed by atoms with Crippen LogP contribution in [0.1, 0.15) is 22.0 Å². The van der Waals surface area contributed by atoms with Gasteiger partial charge in [-0.3, -0.25) is 4.79 Å². The molecule has 1 aliphatic rings. The highest BCUT2D eigenvalue weighted by atomic mass is 32.1. The number of nitrogens with one attached hydrogen (secondary N) is 2. The first-order chi connectivity index (χ1) is 13.6. The van der Waals surface area contributed by atoms with Crippen molar-refractivity contribution in [3.05, 3.63) is 59.7 Å². The average Bonchev–Trinajstić information content (AvgIpc) is 2.67. The van der Waals surface area contributed by atoms with E-state index in [4.69, 9.17) is 17.0 Å². The molecule has 6 nitrogen and oxygen atoms in total. The van der Waals surface area contributed by atoms with Gasteiger partial charge in [0.1, 0.15) is 5.92 Å². The van der Waals surface area contributed by atoms with Crippen LogP contribution < -0.4 is 15.4 Å². The molecule has 2 aromatic rings. The van der Waals surface area contributed by atoms with Crippen LogP contribution in [0.4, 0.5) is 13.2 Å². The van der Waals surface area contributed by atoms with E-state index in [0.717, 1.165) is 0 Å². The Hall–Kier alpha value is -2.85. The van der Waals surface area contributed by atoms with Crippen molar-refractivity contribution in [2.24, 2.45) is 5.92 Å². The fourth-order valence-corrected chi connectivity index (χ4v) is 3.57. The maximum Gasteiger partial charge on any atom is 0.437 e. The quantitative estimate of drug-likeness (QED) is 0.442. The lowest BCUT2D eigenvalue weighted by Gasteiger charge is -2.46. The molecule has 0 bridgehead atoms. The minimum atomic E-state index is -5.21. The number of hydrogen-bond acceptors (Lipinski definition) is 5. The second kappa shape index (κ2) is 7.53. The molecule has 1 fully saturated rings. The molecule has 1 aliphatic heterocycles. The van der Waals surface area contributed by atoms with Crippen LogP contribution in [0.15, 0.2) is 48.5 Å². The zero-order valence-corrected chi connectivity index (χ0v) is 15.8. The number of thiocarbonyl (C=S) groups is 1. The smallest absolute Gasteiger partial charge is 0.437 e. The van der Waals surface area contributed by atoms with Gasteiger partial charge in [-0.25, -0.2) is 0 Å². The average molecular weight is 426 g/mol. The minimum absolute atomic E-state index is 0.00444. The van der Waals surface area contributed by atoms with Crippen molar-refractivity contribution in [3.63, 3.8) is 0 Å². The van der Waals surface area contributed by atoms with Crippen LogP contribution >= 0.6 is 12.2 Å². The molecule has 29 heavy (non-hydrogen) atoms. The third kappa shape index (κ3) is 3.73. The molecule has 3 rings (SSSR count). The summed E-state index contributed by atoms with van der Waals surface area (Å²) in [6.45, 7) is 0.